The molecule has 0 radical (unpaired) electrons. The molecule has 1 aromatic carbocycles. The summed E-state index contributed by atoms with van der Waals surface area (Å²) < 4.78 is 12.9. The Morgan fingerprint density at radius 1 is 1.18 bits per heavy atom. The Balaban J connectivity index is 2.53. The van der Waals surface area contributed by atoms with Crippen LogP contribution in [0.2, 0.25) is 0 Å². The Morgan fingerprint density at radius 3 is 2.36 bits per heavy atom. The SMILES string of the molecule is CC(C)(C)N(CCCCCO)CC(=O)Nc1ccc(F)cc1. The van der Waals surface area contributed by atoms with Crippen LogP contribution in [0.4, 0.5) is 10.1 Å². The summed E-state index contributed by atoms with van der Waals surface area (Å²) in [4.78, 5) is 14.3. The van der Waals surface area contributed by atoms with Gasteiger partial charge in [-0.3, -0.25) is 9.69 Å². The Hall–Kier alpha value is -1.46. The van der Waals surface area contributed by atoms with Crippen molar-refractivity contribution in [3.63, 3.8) is 0 Å². The summed E-state index contributed by atoms with van der Waals surface area (Å²) in [5, 5.41) is 11.6. The van der Waals surface area contributed by atoms with E-state index in [-0.39, 0.29) is 23.9 Å². The first-order valence-electron chi connectivity index (χ1n) is 7.74. The number of carbonyl (C=O) groups is 1. The van der Waals surface area contributed by atoms with Gasteiger partial charge in [-0.15, -0.1) is 0 Å². The van der Waals surface area contributed by atoms with E-state index < -0.39 is 0 Å². The summed E-state index contributed by atoms with van der Waals surface area (Å²) in [6.45, 7) is 7.53. The second-order valence-corrected chi connectivity index (χ2v) is 6.43. The first kappa shape index (κ1) is 18.6. The Bertz CT molecular complexity index is 455. The van der Waals surface area contributed by atoms with Gasteiger partial charge in [0.1, 0.15) is 5.82 Å². The average molecular weight is 310 g/mol. The smallest absolute Gasteiger partial charge is 0.238 e. The Kier molecular flexibility index (Phi) is 7.48. The van der Waals surface area contributed by atoms with Crippen molar-refractivity contribution in [2.45, 2.75) is 45.6 Å². The molecule has 0 fully saturated rings. The molecular weight excluding hydrogens is 283 g/mol. The number of benzene rings is 1. The second-order valence-electron chi connectivity index (χ2n) is 6.43. The van der Waals surface area contributed by atoms with Crippen molar-refractivity contribution in [1.29, 1.82) is 0 Å². The van der Waals surface area contributed by atoms with Gasteiger partial charge in [0.15, 0.2) is 0 Å². The highest BCUT2D eigenvalue weighted by atomic mass is 19.1. The van der Waals surface area contributed by atoms with Crippen LogP contribution in [0.15, 0.2) is 24.3 Å². The highest BCUT2D eigenvalue weighted by Gasteiger charge is 2.23. The largest absolute Gasteiger partial charge is 0.396 e. The molecule has 1 aromatic rings. The molecule has 0 atom stereocenters. The second kappa shape index (κ2) is 8.86. The van der Waals surface area contributed by atoms with Gasteiger partial charge in [0.25, 0.3) is 0 Å². The van der Waals surface area contributed by atoms with Crippen molar-refractivity contribution in [2.24, 2.45) is 0 Å². The fourth-order valence-electron chi connectivity index (χ4n) is 2.15. The van der Waals surface area contributed by atoms with Crippen LogP contribution >= 0.6 is 0 Å². The Labute approximate surface area is 132 Å². The van der Waals surface area contributed by atoms with Gasteiger partial charge in [-0.25, -0.2) is 4.39 Å². The molecule has 0 unspecified atom stereocenters. The summed E-state index contributed by atoms with van der Waals surface area (Å²) in [6, 6.07) is 5.75. The number of aliphatic hydroxyl groups excluding tert-OH is 1. The lowest BCUT2D eigenvalue weighted by Crippen LogP contribution is -2.46. The lowest BCUT2D eigenvalue weighted by Gasteiger charge is -2.35. The first-order chi connectivity index (χ1) is 10.3. The maximum atomic E-state index is 12.9. The first-order valence-corrected chi connectivity index (χ1v) is 7.74. The van der Waals surface area contributed by atoms with Crippen molar-refractivity contribution in [2.75, 3.05) is 25.0 Å². The molecule has 0 aliphatic carbocycles. The minimum Gasteiger partial charge on any atom is -0.396 e. The molecule has 0 aliphatic heterocycles. The molecule has 124 valence electrons. The minimum absolute atomic E-state index is 0.108. The number of nitrogens with zero attached hydrogens (tertiary/aromatic N) is 1. The molecule has 1 rings (SSSR count). The number of anilines is 1. The maximum Gasteiger partial charge on any atom is 0.238 e. The quantitative estimate of drug-likeness (QED) is 0.726. The maximum absolute atomic E-state index is 12.9. The van der Waals surface area contributed by atoms with Crippen molar-refractivity contribution in [3.05, 3.63) is 30.1 Å². The summed E-state index contributed by atoms with van der Waals surface area (Å²) in [5.74, 6) is -0.429. The number of rotatable bonds is 8. The van der Waals surface area contributed by atoms with Crippen molar-refractivity contribution in [3.8, 4) is 0 Å². The van der Waals surface area contributed by atoms with Gasteiger partial charge in [-0.1, -0.05) is 0 Å². The normalized spacial score (nSPS) is 11.7. The number of carbonyl (C=O) groups excluding carboxylic acids is 1. The number of hydrogen-bond donors (Lipinski definition) is 2. The summed E-state index contributed by atoms with van der Waals surface area (Å²) in [7, 11) is 0. The topological polar surface area (TPSA) is 52.6 Å². The van der Waals surface area contributed by atoms with E-state index in [0.717, 1.165) is 25.8 Å². The molecule has 0 heterocycles. The number of nitrogens with one attached hydrogen (secondary N) is 1. The van der Waals surface area contributed by atoms with Crippen LogP contribution in [-0.4, -0.2) is 41.1 Å². The number of hydrogen-bond acceptors (Lipinski definition) is 3. The van der Waals surface area contributed by atoms with Crippen LogP contribution in [-0.2, 0) is 4.79 Å². The van der Waals surface area contributed by atoms with Gasteiger partial charge < -0.3 is 10.4 Å². The van der Waals surface area contributed by atoms with Crippen LogP contribution in [0.1, 0.15) is 40.0 Å². The number of aliphatic hydroxyl groups is 1. The molecule has 0 bridgehead atoms. The van der Waals surface area contributed by atoms with E-state index in [4.69, 9.17) is 5.11 Å². The summed E-state index contributed by atoms with van der Waals surface area (Å²) in [5.41, 5.74) is 0.486. The van der Waals surface area contributed by atoms with E-state index in [2.05, 4.69) is 31.0 Å². The van der Waals surface area contributed by atoms with Crippen LogP contribution in [0.5, 0.6) is 0 Å². The van der Waals surface area contributed by atoms with E-state index in [1.54, 1.807) is 12.1 Å². The zero-order valence-corrected chi connectivity index (χ0v) is 13.7. The third-order valence-electron chi connectivity index (χ3n) is 3.50. The lowest BCUT2D eigenvalue weighted by molar-refractivity contribution is -0.118. The Morgan fingerprint density at radius 2 is 1.82 bits per heavy atom. The van der Waals surface area contributed by atoms with Crippen LogP contribution in [0.3, 0.4) is 0 Å². The molecule has 5 heteroatoms. The minimum atomic E-state index is -0.321. The van der Waals surface area contributed by atoms with E-state index in [1.807, 2.05) is 0 Å². The molecule has 0 spiro atoms. The molecular formula is C17H27FN2O2. The average Bonchev–Trinajstić information content (AvgIpc) is 2.43. The lowest BCUT2D eigenvalue weighted by atomic mass is 10.0. The molecule has 0 saturated carbocycles. The highest BCUT2D eigenvalue weighted by Crippen LogP contribution is 2.15. The summed E-state index contributed by atoms with van der Waals surface area (Å²) in [6.07, 6.45) is 2.68. The van der Waals surface area contributed by atoms with Gasteiger partial charge >= 0.3 is 0 Å². The number of unbranched alkanes of at least 4 members (excludes halogenated alkanes) is 2. The van der Waals surface area contributed by atoms with Gasteiger partial charge in [0, 0.05) is 17.8 Å². The van der Waals surface area contributed by atoms with Crippen LogP contribution < -0.4 is 5.32 Å². The number of halogens is 1. The third kappa shape index (κ3) is 7.00. The van der Waals surface area contributed by atoms with Gasteiger partial charge in [-0.2, -0.15) is 0 Å². The predicted molar refractivity (Wildman–Crippen MR) is 87.3 cm³/mol. The highest BCUT2D eigenvalue weighted by molar-refractivity contribution is 5.92. The predicted octanol–water partition coefficient (Wildman–Crippen LogP) is 3.03. The third-order valence-corrected chi connectivity index (χ3v) is 3.50. The molecule has 0 aliphatic rings. The zero-order valence-electron chi connectivity index (χ0n) is 13.7. The molecule has 1 amide bonds. The van der Waals surface area contributed by atoms with Crippen LogP contribution in [0, 0.1) is 5.82 Å². The molecule has 22 heavy (non-hydrogen) atoms. The summed E-state index contributed by atoms with van der Waals surface area (Å²) >= 11 is 0. The standard InChI is InChI=1S/C17H27FN2O2/c1-17(2,3)20(11-5-4-6-12-21)13-16(22)19-15-9-7-14(18)8-10-15/h7-10,21H,4-6,11-13H2,1-3H3,(H,19,22). The molecule has 2 N–H and O–H groups in total. The van der Waals surface area contributed by atoms with Crippen molar-refractivity contribution < 1.29 is 14.3 Å². The molecule has 0 saturated heterocycles. The van der Waals surface area contributed by atoms with Crippen molar-refractivity contribution in [1.82, 2.24) is 4.90 Å². The molecule has 4 nitrogen and oxygen atoms in total. The molecule has 0 aromatic heterocycles. The fourth-order valence-corrected chi connectivity index (χ4v) is 2.15. The van der Waals surface area contributed by atoms with E-state index in [1.165, 1.54) is 12.1 Å². The van der Waals surface area contributed by atoms with E-state index in [0.29, 0.717) is 12.2 Å². The van der Waals surface area contributed by atoms with E-state index >= 15 is 0 Å². The van der Waals surface area contributed by atoms with Crippen LogP contribution in [0.25, 0.3) is 0 Å². The van der Waals surface area contributed by atoms with Gasteiger partial charge in [-0.05, 0) is 70.8 Å². The van der Waals surface area contributed by atoms with Gasteiger partial charge in [0.2, 0.25) is 5.91 Å². The van der Waals surface area contributed by atoms with E-state index in [9.17, 15) is 9.18 Å². The monoisotopic (exact) mass is 310 g/mol. The number of amides is 1. The van der Waals surface area contributed by atoms with Crippen molar-refractivity contribution >= 4 is 11.6 Å². The zero-order chi connectivity index (χ0) is 16.6. The van der Waals surface area contributed by atoms with Gasteiger partial charge in [0.05, 0.1) is 6.54 Å². The fraction of sp³-hybridized carbons (Fsp3) is 0.588.